The first-order chi connectivity index (χ1) is 41.0. The van der Waals surface area contributed by atoms with Crippen LogP contribution in [0, 0.1) is 0 Å². The third-order valence-corrected chi connectivity index (χ3v) is 13.1. The lowest BCUT2D eigenvalue weighted by atomic mass is 10.1. The zero-order valence-electron chi connectivity index (χ0n) is 52.9. The number of rotatable bonds is 57. The van der Waals surface area contributed by atoms with Gasteiger partial charge < -0.3 is 14.2 Å². The zero-order valence-corrected chi connectivity index (χ0v) is 52.9. The Bertz CT molecular complexity index is 1990. The minimum absolute atomic E-state index is 0.118. The maximum Gasteiger partial charge on any atom is 0.306 e. The molecular weight excluding hydrogens is 1020 g/mol. The fourth-order valence-corrected chi connectivity index (χ4v) is 8.27. The smallest absolute Gasteiger partial charge is 0.306 e. The molecule has 1 unspecified atom stereocenters. The van der Waals surface area contributed by atoms with E-state index in [1.165, 1.54) is 32.1 Å². The number of carbonyl (C=O) groups excluding carboxylic acids is 3. The highest BCUT2D eigenvalue weighted by molar-refractivity contribution is 5.71. The predicted octanol–water partition coefficient (Wildman–Crippen LogP) is 23.0. The van der Waals surface area contributed by atoms with Crippen LogP contribution in [-0.4, -0.2) is 37.2 Å². The van der Waals surface area contributed by atoms with E-state index in [9.17, 15) is 14.4 Å². The van der Waals surface area contributed by atoms with Crippen LogP contribution in [-0.2, 0) is 28.6 Å². The molecule has 0 bridgehead atoms. The van der Waals surface area contributed by atoms with Crippen molar-refractivity contribution in [3.05, 3.63) is 194 Å². The minimum atomic E-state index is -0.828. The van der Waals surface area contributed by atoms with Gasteiger partial charge in [0.15, 0.2) is 6.10 Å². The third-order valence-electron chi connectivity index (χ3n) is 13.1. The summed E-state index contributed by atoms with van der Waals surface area (Å²) in [5, 5.41) is 0. The Hall–Kier alpha value is -5.75. The molecule has 0 N–H and O–H groups in total. The van der Waals surface area contributed by atoms with Gasteiger partial charge in [0.2, 0.25) is 0 Å². The van der Waals surface area contributed by atoms with Gasteiger partial charge in [-0.15, -0.1) is 0 Å². The quantitative estimate of drug-likeness (QED) is 0.0261. The van der Waals surface area contributed by atoms with Crippen molar-refractivity contribution in [2.24, 2.45) is 0 Å². The first-order valence-corrected chi connectivity index (χ1v) is 32.9. The summed E-state index contributed by atoms with van der Waals surface area (Å²) in [7, 11) is 0. The second-order valence-electron chi connectivity index (χ2n) is 20.9. The topological polar surface area (TPSA) is 78.9 Å². The molecule has 83 heavy (non-hydrogen) atoms. The van der Waals surface area contributed by atoms with E-state index in [1.807, 2.05) is 0 Å². The molecule has 0 saturated carbocycles. The number of allylic oxidation sites excluding steroid dienone is 32. The molecule has 0 aromatic carbocycles. The Labute approximate surface area is 509 Å². The molecule has 0 aliphatic carbocycles. The lowest BCUT2D eigenvalue weighted by molar-refractivity contribution is -0.167. The van der Waals surface area contributed by atoms with E-state index in [-0.39, 0.29) is 44.0 Å². The van der Waals surface area contributed by atoms with Crippen LogP contribution in [0.15, 0.2) is 194 Å². The van der Waals surface area contributed by atoms with Crippen molar-refractivity contribution in [2.45, 2.75) is 258 Å². The number of esters is 3. The van der Waals surface area contributed by atoms with Gasteiger partial charge in [-0.25, -0.2) is 0 Å². The van der Waals surface area contributed by atoms with Crippen molar-refractivity contribution in [1.82, 2.24) is 0 Å². The number of ether oxygens (including phenoxy) is 3. The summed E-state index contributed by atoms with van der Waals surface area (Å²) >= 11 is 0. The van der Waals surface area contributed by atoms with Gasteiger partial charge in [-0.3, -0.25) is 14.4 Å². The van der Waals surface area contributed by atoms with E-state index in [0.29, 0.717) is 12.8 Å². The van der Waals surface area contributed by atoms with E-state index in [0.717, 1.165) is 173 Å². The van der Waals surface area contributed by atoms with Gasteiger partial charge >= 0.3 is 17.9 Å². The van der Waals surface area contributed by atoms with Crippen molar-refractivity contribution in [3.8, 4) is 0 Å². The Kier molecular flexibility index (Phi) is 64.0. The standard InChI is InChI=1S/C77H118O6/c1-4-7-10-13-16-19-22-25-28-31-33-34-35-36-37-38-39-40-41-42-44-46-49-52-55-58-61-64-67-70-76(79)82-73-74(72-81-75(78)69-66-63-60-57-54-51-48-45-30-27-24-21-18-15-12-9-6-3)83-77(80)71-68-65-62-59-56-53-50-47-43-32-29-26-23-20-17-14-11-8-5-2/h7-12,16-21,25-30,33-34,36-37,39-40,42-44,47-48,51,57,60,74H,4-6,13-15,22-24,31-32,35,38,41,45-46,49-50,52-56,58-59,61-73H2,1-3H3/b10-7-,11-8-,12-9-,19-16-,20-17-,21-18-,28-25-,29-26-,30-27-,34-33-,37-36-,40-39-,44-42-,47-43-,51-48-,60-57-. The van der Waals surface area contributed by atoms with Crippen LogP contribution < -0.4 is 0 Å². The summed E-state index contributed by atoms with van der Waals surface area (Å²) in [6, 6.07) is 0. The van der Waals surface area contributed by atoms with Gasteiger partial charge in [0.1, 0.15) is 13.2 Å². The van der Waals surface area contributed by atoms with E-state index >= 15 is 0 Å². The van der Waals surface area contributed by atoms with E-state index < -0.39 is 6.10 Å². The Morgan fingerprint density at radius 3 is 0.723 bits per heavy atom. The number of unbranched alkanes of at least 4 members (excludes halogenated alkanes) is 14. The number of hydrogen-bond donors (Lipinski definition) is 0. The SMILES string of the molecule is CC/C=C\C/C=C\C/C=C\C/C=C\C/C=C\C/C=C\C/C=C\CCCCCCCCCC(=O)OCC(COC(=O)CCC/C=C\C/C=C\C/C=C\C/C=C\C/C=C\CC)OC(=O)CCCCCCCC/C=C\C/C=C\C/C=C\C/C=C\CC. The molecule has 462 valence electrons. The fraction of sp³-hybridized carbons (Fsp3) is 0.545. The lowest BCUT2D eigenvalue weighted by Gasteiger charge is -2.18. The lowest BCUT2D eigenvalue weighted by Crippen LogP contribution is -2.30. The van der Waals surface area contributed by atoms with Gasteiger partial charge in [-0.1, -0.05) is 273 Å². The molecule has 0 heterocycles. The first-order valence-electron chi connectivity index (χ1n) is 32.9. The highest BCUT2D eigenvalue weighted by Crippen LogP contribution is 2.14. The molecule has 6 nitrogen and oxygen atoms in total. The summed E-state index contributed by atoms with van der Waals surface area (Å²) in [5.74, 6) is -1.01. The van der Waals surface area contributed by atoms with Crippen LogP contribution >= 0.6 is 0 Å². The van der Waals surface area contributed by atoms with Gasteiger partial charge in [-0.05, 0) is 154 Å². The van der Waals surface area contributed by atoms with E-state index in [4.69, 9.17) is 14.2 Å². The maximum atomic E-state index is 12.9. The maximum absolute atomic E-state index is 12.9. The fourth-order valence-electron chi connectivity index (χ4n) is 8.27. The molecule has 0 fully saturated rings. The van der Waals surface area contributed by atoms with Crippen molar-refractivity contribution >= 4 is 17.9 Å². The van der Waals surface area contributed by atoms with E-state index in [1.54, 1.807) is 0 Å². The van der Waals surface area contributed by atoms with Gasteiger partial charge in [0.05, 0.1) is 0 Å². The molecular formula is C77H118O6. The van der Waals surface area contributed by atoms with Gasteiger partial charge in [0.25, 0.3) is 0 Å². The zero-order chi connectivity index (χ0) is 59.9. The van der Waals surface area contributed by atoms with Gasteiger partial charge in [-0.2, -0.15) is 0 Å². The largest absolute Gasteiger partial charge is 0.462 e. The van der Waals surface area contributed by atoms with Crippen molar-refractivity contribution in [3.63, 3.8) is 0 Å². The molecule has 0 aliphatic rings. The molecule has 0 rings (SSSR count). The second kappa shape index (κ2) is 68.7. The van der Waals surface area contributed by atoms with Crippen LogP contribution in [0.2, 0.25) is 0 Å². The normalized spacial score (nSPS) is 13.4. The second-order valence-corrected chi connectivity index (χ2v) is 20.9. The Morgan fingerprint density at radius 1 is 0.241 bits per heavy atom. The number of carbonyl (C=O) groups is 3. The molecule has 0 amide bonds. The summed E-state index contributed by atoms with van der Waals surface area (Å²) in [6.45, 7) is 6.22. The van der Waals surface area contributed by atoms with Crippen LogP contribution in [0.3, 0.4) is 0 Å². The van der Waals surface area contributed by atoms with Crippen molar-refractivity contribution in [2.75, 3.05) is 13.2 Å². The average molecular weight is 1140 g/mol. The molecule has 0 radical (unpaired) electrons. The Balaban J connectivity index is 4.50. The molecule has 0 aliphatic heterocycles. The monoisotopic (exact) mass is 1140 g/mol. The number of hydrogen-bond acceptors (Lipinski definition) is 6. The molecule has 0 aromatic heterocycles. The van der Waals surface area contributed by atoms with Crippen molar-refractivity contribution in [1.29, 1.82) is 0 Å². The van der Waals surface area contributed by atoms with E-state index in [2.05, 4.69) is 215 Å². The molecule has 0 saturated heterocycles. The van der Waals surface area contributed by atoms with Gasteiger partial charge in [0, 0.05) is 19.3 Å². The van der Waals surface area contributed by atoms with Crippen LogP contribution in [0.1, 0.15) is 252 Å². The average Bonchev–Trinajstić information content (AvgIpc) is 3.49. The first kappa shape index (κ1) is 77.2. The minimum Gasteiger partial charge on any atom is -0.462 e. The molecule has 0 aromatic rings. The summed E-state index contributed by atoms with van der Waals surface area (Å²) in [5.41, 5.74) is 0. The molecule has 6 heteroatoms. The van der Waals surface area contributed by atoms with Crippen LogP contribution in [0.4, 0.5) is 0 Å². The predicted molar refractivity (Wildman–Crippen MR) is 361 cm³/mol. The summed E-state index contributed by atoms with van der Waals surface area (Å²) < 4.78 is 16.9. The van der Waals surface area contributed by atoms with Crippen molar-refractivity contribution < 1.29 is 28.6 Å². The summed E-state index contributed by atoms with van der Waals surface area (Å²) in [4.78, 5) is 38.4. The molecule has 0 spiro atoms. The molecule has 1 atom stereocenters. The highest BCUT2D eigenvalue weighted by Gasteiger charge is 2.19. The highest BCUT2D eigenvalue weighted by atomic mass is 16.6. The third kappa shape index (κ3) is 66.9. The van der Waals surface area contributed by atoms with Crippen LogP contribution in [0.25, 0.3) is 0 Å². The Morgan fingerprint density at radius 2 is 0.446 bits per heavy atom. The summed E-state index contributed by atoms with van der Waals surface area (Å²) in [6.07, 6.45) is 104. The van der Waals surface area contributed by atoms with Crippen LogP contribution in [0.5, 0.6) is 0 Å².